The standard InChI is InChI=1S/C14H14ClFN4/c15-12-5-11(16)2-1-9(12)7-20-4-3-13-10(8-20)6-18-14(17)19-13/h1-2,5-6H,3-4,7-8H2,(H2,17,18,19). The quantitative estimate of drug-likeness (QED) is 0.923. The minimum atomic E-state index is -0.313. The van der Waals surface area contributed by atoms with Crippen LogP contribution in [0.5, 0.6) is 0 Å². The Balaban J connectivity index is 1.75. The molecule has 0 unspecified atom stereocenters. The van der Waals surface area contributed by atoms with E-state index in [1.807, 2.05) is 0 Å². The van der Waals surface area contributed by atoms with Crippen LogP contribution in [0.1, 0.15) is 16.8 Å². The summed E-state index contributed by atoms with van der Waals surface area (Å²) in [5.41, 5.74) is 8.61. The minimum absolute atomic E-state index is 0.313. The fourth-order valence-electron chi connectivity index (χ4n) is 2.42. The average Bonchev–Trinajstić information content (AvgIpc) is 2.42. The molecule has 1 aromatic heterocycles. The molecular formula is C14H14ClFN4. The van der Waals surface area contributed by atoms with Gasteiger partial charge in [-0.2, -0.15) is 0 Å². The lowest BCUT2D eigenvalue weighted by Crippen LogP contribution is -2.31. The van der Waals surface area contributed by atoms with Crippen molar-refractivity contribution in [2.75, 3.05) is 12.3 Å². The second-order valence-electron chi connectivity index (χ2n) is 4.90. The summed E-state index contributed by atoms with van der Waals surface area (Å²) in [7, 11) is 0. The second kappa shape index (κ2) is 5.34. The van der Waals surface area contributed by atoms with Crippen LogP contribution in [-0.4, -0.2) is 21.4 Å². The van der Waals surface area contributed by atoms with Gasteiger partial charge < -0.3 is 5.73 Å². The number of aromatic nitrogens is 2. The fourth-order valence-corrected chi connectivity index (χ4v) is 2.64. The van der Waals surface area contributed by atoms with Gasteiger partial charge in [0, 0.05) is 42.8 Å². The first kappa shape index (κ1) is 13.3. The van der Waals surface area contributed by atoms with Gasteiger partial charge in [0.25, 0.3) is 0 Å². The Labute approximate surface area is 121 Å². The van der Waals surface area contributed by atoms with Crippen LogP contribution < -0.4 is 5.73 Å². The third-order valence-electron chi connectivity index (χ3n) is 3.44. The molecule has 0 saturated carbocycles. The fraction of sp³-hybridized carbons (Fsp3) is 0.286. The number of benzene rings is 1. The van der Waals surface area contributed by atoms with Crippen LogP contribution in [-0.2, 0) is 19.5 Å². The summed E-state index contributed by atoms with van der Waals surface area (Å²) in [6, 6.07) is 4.51. The van der Waals surface area contributed by atoms with Gasteiger partial charge in [-0.1, -0.05) is 17.7 Å². The molecular weight excluding hydrogens is 279 g/mol. The predicted molar refractivity (Wildman–Crippen MR) is 75.7 cm³/mol. The number of fused-ring (bicyclic) bond motifs is 1. The molecule has 0 spiro atoms. The highest BCUT2D eigenvalue weighted by Crippen LogP contribution is 2.23. The number of hydrogen-bond acceptors (Lipinski definition) is 4. The van der Waals surface area contributed by atoms with E-state index in [-0.39, 0.29) is 5.82 Å². The zero-order valence-corrected chi connectivity index (χ0v) is 11.6. The van der Waals surface area contributed by atoms with Gasteiger partial charge in [0.1, 0.15) is 5.82 Å². The van der Waals surface area contributed by atoms with Gasteiger partial charge in [-0.3, -0.25) is 4.90 Å². The molecule has 1 aliphatic rings. The molecule has 0 fully saturated rings. The lowest BCUT2D eigenvalue weighted by atomic mass is 10.1. The molecule has 0 radical (unpaired) electrons. The highest BCUT2D eigenvalue weighted by molar-refractivity contribution is 6.31. The lowest BCUT2D eigenvalue weighted by Gasteiger charge is -2.28. The molecule has 0 bridgehead atoms. The Kier molecular flexibility index (Phi) is 3.54. The summed E-state index contributed by atoms with van der Waals surface area (Å²) in [6.45, 7) is 2.31. The first-order valence-electron chi connectivity index (χ1n) is 6.38. The number of nitrogen functional groups attached to an aromatic ring is 1. The smallest absolute Gasteiger partial charge is 0.220 e. The van der Waals surface area contributed by atoms with Crippen molar-refractivity contribution in [3.8, 4) is 0 Å². The van der Waals surface area contributed by atoms with Crippen molar-refractivity contribution in [1.29, 1.82) is 0 Å². The van der Waals surface area contributed by atoms with Gasteiger partial charge in [-0.15, -0.1) is 0 Å². The van der Waals surface area contributed by atoms with E-state index in [1.54, 1.807) is 12.3 Å². The Morgan fingerprint density at radius 2 is 2.25 bits per heavy atom. The van der Waals surface area contributed by atoms with Crippen LogP contribution in [0.15, 0.2) is 24.4 Å². The van der Waals surface area contributed by atoms with Crippen LogP contribution in [0.3, 0.4) is 0 Å². The van der Waals surface area contributed by atoms with Crippen molar-refractivity contribution in [2.24, 2.45) is 0 Å². The van der Waals surface area contributed by atoms with Crippen molar-refractivity contribution in [1.82, 2.24) is 14.9 Å². The number of anilines is 1. The number of nitrogens with zero attached hydrogens (tertiary/aromatic N) is 3. The van der Waals surface area contributed by atoms with Crippen LogP contribution in [0.25, 0.3) is 0 Å². The third kappa shape index (κ3) is 2.73. The van der Waals surface area contributed by atoms with Crippen molar-refractivity contribution < 1.29 is 4.39 Å². The maximum Gasteiger partial charge on any atom is 0.220 e. The maximum absolute atomic E-state index is 13.0. The number of hydrogen-bond donors (Lipinski definition) is 1. The zero-order chi connectivity index (χ0) is 14.1. The third-order valence-corrected chi connectivity index (χ3v) is 3.79. The number of rotatable bonds is 2. The molecule has 6 heteroatoms. The average molecular weight is 293 g/mol. The summed E-state index contributed by atoms with van der Waals surface area (Å²) >= 11 is 6.06. The first-order valence-corrected chi connectivity index (χ1v) is 6.76. The molecule has 0 amide bonds. The molecule has 0 aliphatic carbocycles. The molecule has 4 nitrogen and oxygen atoms in total. The summed E-state index contributed by atoms with van der Waals surface area (Å²) in [4.78, 5) is 10.5. The Morgan fingerprint density at radius 1 is 1.40 bits per heavy atom. The lowest BCUT2D eigenvalue weighted by molar-refractivity contribution is 0.243. The molecule has 1 aromatic carbocycles. The van der Waals surface area contributed by atoms with Gasteiger partial charge >= 0.3 is 0 Å². The second-order valence-corrected chi connectivity index (χ2v) is 5.30. The summed E-state index contributed by atoms with van der Waals surface area (Å²) in [5.74, 6) is 0.00499. The van der Waals surface area contributed by atoms with Gasteiger partial charge in [0.05, 0.1) is 5.69 Å². The van der Waals surface area contributed by atoms with Crippen molar-refractivity contribution >= 4 is 17.5 Å². The van der Waals surface area contributed by atoms with E-state index in [0.29, 0.717) is 17.5 Å². The van der Waals surface area contributed by atoms with E-state index in [0.717, 1.165) is 36.3 Å². The van der Waals surface area contributed by atoms with E-state index in [1.165, 1.54) is 12.1 Å². The van der Waals surface area contributed by atoms with Gasteiger partial charge in [-0.05, 0) is 17.7 Å². The highest BCUT2D eigenvalue weighted by Gasteiger charge is 2.19. The van der Waals surface area contributed by atoms with E-state index in [4.69, 9.17) is 17.3 Å². The van der Waals surface area contributed by atoms with Crippen LogP contribution in [0.2, 0.25) is 5.02 Å². The van der Waals surface area contributed by atoms with E-state index >= 15 is 0 Å². The molecule has 20 heavy (non-hydrogen) atoms. The molecule has 2 heterocycles. The van der Waals surface area contributed by atoms with Gasteiger partial charge in [0.15, 0.2) is 0 Å². The molecule has 0 saturated heterocycles. The van der Waals surface area contributed by atoms with E-state index in [2.05, 4.69) is 14.9 Å². The molecule has 3 rings (SSSR count). The zero-order valence-electron chi connectivity index (χ0n) is 10.8. The van der Waals surface area contributed by atoms with Gasteiger partial charge in [0.2, 0.25) is 5.95 Å². The summed E-state index contributed by atoms with van der Waals surface area (Å²) < 4.78 is 13.0. The largest absolute Gasteiger partial charge is 0.368 e. The molecule has 0 atom stereocenters. The predicted octanol–water partition coefficient (Wildman–Crippen LogP) is 2.41. The number of nitrogens with two attached hydrogens (primary N) is 1. The molecule has 1 aliphatic heterocycles. The summed E-state index contributed by atoms with van der Waals surface area (Å²) in [6.07, 6.45) is 2.61. The molecule has 2 aromatic rings. The van der Waals surface area contributed by atoms with Crippen LogP contribution >= 0.6 is 11.6 Å². The van der Waals surface area contributed by atoms with E-state index in [9.17, 15) is 4.39 Å². The van der Waals surface area contributed by atoms with Crippen LogP contribution in [0.4, 0.5) is 10.3 Å². The van der Waals surface area contributed by atoms with Crippen molar-refractivity contribution in [2.45, 2.75) is 19.5 Å². The normalized spacial score (nSPS) is 15.1. The molecule has 104 valence electrons. The highest BCUT2D eigenvalue weighted by atomic mass is 35.5. The SMILES string of the molecule is Nc1ncc2c(n1)CCN(Cc1ccc(F)cc1Cl)C2. The molecule has 2 N–H and O–H groups in total. The monoisotopic (exact) mass is 292 g/mol. The van der Waals surface area contributed by atoms with Crippen molar-refractivity contribution in [3.63, 3.8) is 0 Å². The summed E-state index contributed by atoms with van der Waals surface area (Å²) in [5, 5.41) is 0.462. The van der Waals surface area contributed by atoms with E-state index < -0.39 is 0 Å². The van der Waals surface area contributed by atoms with Gasteiger partial charge in [-0.25, -0.2) is 14.4 Å². The maximum atomic E-state index is 13.0. The van der Waals surface area contributed by atoms with Crippen molar-refractivity contribution in [3.05, 3.63) is 52.1 Å². The first-order chi connectivity index (χ1) is 9.61. The Morgan fingerprint density at radius 3 is 3.05 bits per heavy atom. The Bertz CT molecular complexity index is 647. The topological polar surface area (TPSA) is 55.0 Å². The Hall–Kier alpha value is -1.72. The minimum Gasteiger partial charge on any atom is -0.368 e. The van der Waals surface area contributed by atoms with Crippen LogP contribution in [0, 0.1) is 5.82 Å². The number of halogens is 2.